The van der Waals surface area contributed by atoms with Gasteiger partial charge in [-0.3, -0.25) is 9.59 Å². The van der Waals surface area contributed by atoms with Gasteiger partial charge in [-0.25, -0.2) is 0 Å². The van der Waals surface area contributed by atoms with Gasteiger partial charge in [0.1, 0.15) is 0 Å². The second-order valence-corrected chi connectivity index (χ2v) is 13.3. The molecule has 0 heterocycles. The third-order valence-electron chi connectivity index (χ3n) is 8.68. The first-order chi connectivity index (χ1) is 21.5. The van der Waals surface area contributed by atoms with Crippen LogP contribution in [-0.4, -0.2) is 17.0 Å². The molecule has 0 aromatic carbocycles. The molecule has 4 nitrogen and oxygen atoms in total. The topological polar surface area (TPSA) is 80.4 Å². The van der Waals surface area contributed by atoms with Crippen LogP contribution in [0.5, 0.6) is 0 Å². The molecule has 0 spiro atoms. The number of hydrogen-bond acceptors (Lipinski definition) is 2. The van der Waals surface area contributed by atoms with Gasteiger partial charge in [-0.15, -0.1) is 0 Å². The van der Waals surface area contributed by atoms with E-state index >= 15 is 0 Å². The van der Waals surface area contributed by atoms with E-state index in [4.69, 9.17) is 10.8 Å². The Hall–Kier alpha value is -1.32. The SMILES string of the molecule is CCCCCCCC/C=C\CCCCCCCCCCCC(N)=O.CCCCCCCCCCCCCCCCCC(=O)O. The minimum Gasteiger partial charge on any atom is -0.481 e. The molecule has 0 aliphatic carbocycles. The number of hydrogen-bond donors (Lipinski definition) is 2. The number of aliphatic carboxylic acids is 1. The number of carbonyl (C=O) groups excluding carboxylic acids is 1. The highest BCUT2D eigenvalue weighted by atomic mass is 16.4. The van der Waals surface area contributed by atoms with Crippen LogP contribution in [0, 0.1) is 0 Å². The molecule has 0 fully saturated rings. The molecule has 0 rings (SSSR count). The lowest BCUT2D eigenvalue weighted by Gasteiger charge is -2.03. The zero-order valence-corrected chi connectivity index (χ0v) is 30.0. The van der Waals surface area contributed by atoms with Gasteiger partial charge in [-0.2, -0.15) is 0 Å². The van der Waals surface area contributed by atoms with Crippen LogP contribution in [0.2, 0.25) is 0 Å². The number of unbranched alkanes of at least 4 members (excludes halogenated alkanes) is 29. The predicted molar refractivity (Wildman–Crippen MR) is 194 cm³/mol. The maximum atomic E-state index is 10.6. The van der Waals surface area contributed by atoms with Crippen LogP contribution in [0.3, 0.4) is 0 Å². The van der Waals surface area contributed by atoms with Gasteiger partial charge in [0.05, 0.1) is 0 Å². The van der Waals surface area contributed by atoms with Gasteiger partial charge < -0.3 is 10.8 Å². The van der Waals surface area contributed by atoms with E-state index in [0.29, 0.717) is 12.8 Å². The molecule has 1 amide bonds. The van der Waals surface area contributed by atoms with E-state index < -0.39 is 5.97 Å². The summed E-state index contributed by atoms with van der Waals surface area (Å²) < 4.78 is 0. The number of carbonyl (C=O) groups is 2. The average molecular weight is 622 g/mol. The van der Waals surface area contributed by atoms with Crippen molar-refractivity contribution in [2.45, 2.75) is 232 Å². The Balaban J connectivity index is 0. The molecular formula is C40H79NO3. The van der Waals surface area contributed by atoms with Crippen molar-refractivity contribution in [2.75, 3.05) is 0 Å². The van der Waals surface area contributed by atoms with Crippen molar-refractivity contribution in [1.82, 2.24) is 0 Å². The summed E-state index contributed by atoms with van der Waals surface area (Å²) in [5, 5.41) is 8.52. The Morgan fingerprint density at radius 2 is 0.659 bits per heavy atom. The normalized spacial score (nSPS) is 11.1. The summed E-state index contributed by atoms with van der Waals surface area (Å²) in [7, 11) is 0. The Kier molecular flexibility index (Phi) is 42.4. The number of rotatable bonds is 35. The van der Waals surface area contributed by atoms with Crippen molar-refractivity contribution in [3.63, 3.8) is 0 Å². The number of allylic oxidation sites excluding steroid dienone is 2. The lowest BCUT2D eigenvalue weighted by atomic mass is 10.0. The first-order valence-electron chi connectivity index (χ1n) is 19.7. The molecule has 3 N–H and O–H groups in total. The maximum Gasteiger partial charge on any atom is 0.303 e. The molecule has 0 saturated carbocycles. The highest BCUT2D eigenvalue weighted by Crippen LogP contribution is 2.14. The van der Waals surface area contributed by atoms with Gasteiger partial charge in [0.25, 0.3) is 0 Å². The Labute approximate surface area is 276 Å². The Bertz CT molecular complexity index is 589. The van der Waals surface area contributed by atoms with Crippen LogP contribution < -0.4 is 5.73 Å². The van der Waals surface area contributed by atoms with Crippen LogP contribution in [0.4, 0.5) is 0 Å². The van der Waals surface area contributed by atoms with E-state index in [-0.39, 0.29) is 5.91 Å². The number of carboxylic acids is 1. The molecule has 0 aromatic heterocycles. The largest absolute Gasteiger partial charge is 0.481 e. The van der Waals surface area contributed by atoms with Crippen molar-refractivity contribution in [3.05, 3.63) is 12.2 Å². The Morgan fingerprint density at radius 3 is 0.932 bits per heavy atom. The summed E-state index contributed by atoms with van der Waals surface area (Å²) in [4.78, 5) is 20.9. The van der Waals surface area contributed by atoms with Crippen LogP contribution in [-0.2, 0) is 9.59 Å². The van der Waals surface area contributed by atoms with Gasteiger partial charge >= 0.3 is 5.97 Å². The summed E-state index contributed by atoms with van der Waals surface area (Å²) in [5.74, 6) is -0.810. The van der Waals surface area contributed by atoms with Crippen molar-refractivity contribution in [2.24, 2.45) is 5.73 Å². The van der Waals surface area contributed by atoms with E-state index in [1.165, 1.54) is 180 Å². The maximum absolute atomic E-state index is 10.6. The molecule has 4 heteroatoms. The molecule has 0 unspecified atom stereocenters. The van der Waals surface area contributed by atoms with E-state index in [9.17, 15) is 9.59 Å². The van der Waals surface area contributed by atoms with Crippen molar-refractivity contribution in [1.29, 1.82) is 0 Å². The highest BCUT2D eigenvalue weighted by Gasteiger charge is 1.98. The van der Waals surface area contributed by atoms with E-state index in [2.05, 4.69) is 26.0 Å². The second kappa shape index (κ2) is 41.7. The number of amides is 1. The van der Waals surface area contributed by atoms with E-state index in [1.807, 2.05) is 0 Å². The molecule has 0 aliphatic heterocycles. The van der Waals surface area contributed by atoms with E-state index in [1.54, 1.807) is 0 Å². The van der Waals surface area contributed by atoms with Gasteiger partial charge in [-0.1, -0.05) is 193 Å². The minimum atomic E-state index is -0.653. The summed E-state index contributed by atoms with van der Waals surface area (Å²) in [6.07, 6.45) is 48.0. The first kappa shape index (κ1) is 44.8. The highest BCUT2D eigenvalue weighted by molar-refractivity contribution is 5.73. The van der Waals surface area contributed by atoms with Gasteiger partial charge in [0.2, 0.25) is 5.91 Å². The standard InChI is InChI=1S/C22H43NO.C18H36O2/c1-2-3-4-5-6-7-8-9-10-11-12-13-14-15-16-17-18-19-20-21-22(23)24;1-2-3-4-5-6-7-8-9-10-11-12-13-14-15-16-17-18(19)20/h9-10H,2-8,11-21H2,1H3,(H2,23,24);2-17H2,1H3,(H,19,20)/b10-9-;. The van der Waals surface area contributed by atoms with E-state index in [0.717, 1.165) is 25.7 Å². The van der Waals surface area contributed by atoms with Crippen molar-refractivity contribution < 1.29 is 14.7 Å². The van der Waals surface area contributed by atoms with Crippen molar-refractivity contribution >= 4 is 11.9 Å². The van der Waals surface area contributed by atoms with Gasteiger partial charge in [0.15, 0.2) is 0 Å². The number of primary amides is 1. The zero-order chi connectivity index (χ0) is 32.6. The molecule has 0 atom stereocenters. The molecule has 0 saturated heterocycles. The monoisotopic (exact) mass is 622 g/mol. The van der Waals surface area contributed by atoms with Gasteiger partial charge in [0, 0.05) is 12.8 Å². The zero-order valence-electron chi connectivity index (χ0n) is 30.0. The summed E-state index contributed by atoms with van der Waals surface area (Å²) >= 11 is 0. The molecule has 0 radical (unpaired) electrons. The number of nitrogens with two attached hydrogens (primary N) is 1. The fourth-order valence-corrected chi connectivity index (χ4v) is 5.72. The number of carboxylic acid groups (broad SMARTS) is 1. The fourth-order valence-electron chi connectivity index (χ4n) is 5.72. The molecule has 0 aliphatic rings. The third kappa shape index (κ3) is 47.6. The second-order valence-electron chi connectivity index (χ2n) is 13.3. The molecule has 262 valence electrons. The predicted octanol–water partition coefficient (Wildman–Crippen LogP) is 13.4. The lowest BCUT2D eigenvalue weighted by Crippen LogP contribution is -2.09. The fraction of sp³-hybridized carbons (Fsp3) is 0.900. The average Bonchev–Trinajstić information content (AvgIpc) is 3.00. The van der Waals surface area contributed by atoms with Crippen LogP contribution in [0.25, 0.3) is 0 Å². The Morgan fingerprint density at radius 1 is 0.409 bits per heavy atom. The quantitative estimate of drug-likeness (QED) is 0.0545. The molecule has 0 aromatic rings. The summed E-state index contributed by atoms with van der Waals surface area (Å²) in [6.45, 7) is 4.55. The van der Waals surface area contributed by atoms with Crippen LogP contribution in [0.1, 0.15) is 232 Å². The molecule has 0 bridgehead atoms. The lowest BCUT2D eigenvalue weighted by molar-refractivity contribution is -0.137. The smallest absolute Gasteiger partial charge is 0.303 e. The van der Waals surface area contributed by atoms with Crippen LogP contribution >= 0.6 is 0 Å². The summed E-state index contributed by atoms with van der Waals surface area (Å²) in [6, 6.07) is 0. The molecule has 44 heavy (non-hydrogen) atoms. The molecular weight excluding hydrogens is 542 g/mol. The minimum absolute atomic E-state index is 0.156. The van der Waals surface area contributed by atoms with Crippen molar-refractivity contribution in [3.8, 4) is 0 Å². The third-order valence-corrected chi connectivity index (χ3v) is 8.68. The van der Waals surface area contributed by atoms with Gasteiger partial charge in [-0.05, 0) is 38.5 Å². The summed E-state index contributed by atoms with van der Waals surface area (Å²) in [5.41, 5.74) is 5.13. The van der Waals surface area contributed by atoms with Crippen LogP contribution in [0.15, 0.2) is 12.2 Å². The first-order valence-corrected chi connectivity index (χ1v) is 19.7.